The largest absolute Gasteiger partial charge is 0.474 e. The Morgan fingerprint density at radius 1 is 1.30 bits per heavy atom. The second-order valence-electron chi connectivity index (χ2n) is 6.90. The normalized spacial score (nSPS) is 15.1. The van der Waals surface area contributed by atoms with E-state index in [-0.39, 0.29) is 18.4 Å². The molecule has 0 fully saturated rings. The summed E-state index contributed by atoms with van der Waals surface area (Å²) in [6, 6.07) is 10.4. The molecule has 0 saturated carbocycles. The molecule has 7 nitrogen and oxygen atoms in total. The number of esters is 1. The van der Waals surface area contributed by atoms with E-state index in [1.807, 2.05) is 13.0 Å². The molecular weight excluding hydrogens is 346 g/mol. The predicted octanol–water partition coefficient (Wildman–Crippen LogP) is 2.93. The second kappa shape index (κ2) is 7.26. The SMILES string of the molecule is CCCOC(=O)c1cccc(CN2C(=O)C(C)(C)Oc3ccc(N)nc32)c1. The lowest BCUT2D eigenvalue weighted by molar-refractivity contribution is -0.132. The Morgan fingerprint density at radius 3 is 2.81 bits per heavy atom. The molecule has 0 radical (unpaired) electrons. The van der Waals surface area contributed by atoms with Gasteiger partial charge >= 0.3 is 5.97 Å². The van der Waals surface area contributed by atoms with Crippen molar-refractivity contribution in [2.24, 2.45) is 0 Å². The first-order valence-corrected chi connectivity index (χ1v) is 8.85. The monoisotopic (exact) mass is 369 g/mol. The fourth-order valence-corrected chi connectivity index (χ4v) is 2.87. The van der Waals surface area contributed by atoms with E-state index in [4.69, 9.17) is 15.2 Å². The molecule has 0 aliphatic carbocycles. The van der Waals surface area contributed by atoms with Crippen molar-refractivity contribution in [1.82, 2.24) is 4.98 Å². The topological polar surface area (TPSA) is 94.8 Å². The molecule has 1 aliphatic rings. The molecule has 1 aromatic heterocycles. The maximum absolute atomic E-state index is 12.9. The van der Waals surface area contributed by atoms with E-state index in [9.17, 15) is 9.59 Å². The number of ether oxygens (including phenoxy) is 2. The molecule has 7 heteroatoms. The highest BCUT2D eigenvalue weighted by Crippen LogP contribution is 2.37. The summed E-state index contributed by atoms with van der Waals surface area (Å²) < 4.78 is 11.0. The first-order valence-electron chi connectivity index (χ1n) is 8.85. The van der Waals surface area contributed by atoms with Gasteiger partial charge in [-0.2, -0.15) is 0 Å². The summed E-state index contributed by atoms with van der Waals surface area (Å²) in [7, 11) is 0. The second-order valence-corrected chi connectivity index (χ2v) is 6.90. The van der Waals surface area contributed by atoms with E-state index in [1.165, 1.54) is 4.90 Å². The van der Waals surface area contributed by atoms with Crippen molar-refractivity contribution in [1.29, 1.82) is 0 Å². The van der Waals surface area contributed by atoms with Gasteiger partial charge in [-0.05, 0) is 50.1 Å². The van der Waals surface area contributed by atoms with E-state index in [2.05, 4.69) is 4.98 Å². The number of benzene rings is 1. The van der Waals surface area contributed by atoms with Crippen molar-refractivity contribution in [3.63, 3.8) is 0 Å². The maximum Gasteiger partial charge on any atom is 0.338 e. The summed E-state index contributed by atoms with van der Waals surface area (Å²) in [6.45, 7) is 5.96. The van der Waals surface area contributed by atoms with Crippen LogP contribution in [0.15, 0.2) is 36.4 Å². The lowest BCUT2D eigenvalue weighted by Gasteiger charge is -2.38. The van der Waals surface area contributed by atoms with Crippen molar-refractivity contribution in [2.75, 3.05) is 17.2 Å². The highest BCUT2D eigenvalue weighted by Gasteiger charge is 2.41. The van der Waals surface area contributed by atoms with Crippen molar-refractivity contribution in [3.8, 4) is 5.75 Å². The standard InChI is InChI=1S/C20H23N3O4/c1-4-10-26-18(24)14-7-5-6-13(11-14)12-23-17-15(8-9-16(21)22-17)27-20(2,3)19(23)25/h5-9,11H,4,10,12H2,1-3H3,(H2,21,22). The van der Waals surface area contributed by atoms with Crippen molar-refractivity contribution >= 4 is 23.5 Å². The third kappa shape index (κ3) is 3.86. The Morgan fingerprint density at radius 2 is 2.07 bits per heavy atom. The average molecular weight is 369 g/mol. The average Bonchev–Trinajstić information content (AvgIpc) is 2.64. The molecule has 27 heavy (non-hydrogen) atoms. The summed E-state index contributed by atoms with van der Waals surface area (Å²) in [5.41, 5.74) is 6.00. The number of hydrogen-bond donors (Lipinski definition) is 1. The predicted molar refractivity (Wildman–Crippen MR) is 102 cm³/mol. The molecular formula is C20H23N3O4. The Balaban J connectivity index is 1.92. The van der Waals surface area contributed by atoms with Gasteiger partial charge in [0.05, 0.1) is 18.7 Å². The summed E-state index contributed by atoms with van der Waals surface area (Å²) in [5.74, 6) is 0.555. The minimum atomic E-state index is -1.03. The molecule has 0 atom stereocenters. The number of nitrogens with zero attached hydrogens (tertiary/aromatic N) is 2. The molecule has 3 rings (SSSR count). The third-order valence-electron chi connectivity index (χ3n) is 4.18. The smallest absolute Gasteiger partial charge is 0.338 e. The van der Waals surface area contributed by atoms with E-state index in [0.717, 1.165) is 12.0 Å². The molecule has 142 valence electrons. The number of nitrogens with two attached hydrogens (primary N) is 1. The van der Waals surface area contributed by atoms with Crippen LogP contribution < -0.4 is 15.4 Å². The van der Waals surface area contributed by atoms with E-state index < -0.39 is 5.60 Å². The minimum Gasteiger partial charge on any atom is -0.474 e. The van der Waals surface area contributed by atoms with Gasteiger partial charge < -0.3 is 15.2 Å². The number of amides is 1. The van der Waals surface area contributed by atoms with E-state index >= 15 is 0 Å². The maximum atomic E-state index is 12.9. The molecule has 1 aliphatic heterocycles. The molecule has 2 N–H and O–H groups in total. The number of carbonyl (C=O) groups is 2. The van der Waals surface area contributed by atoms with Gasteiger partial charge in [0.25, 0.3) is 5.91 Å². The van der Waals surface area contributed by atoms with Crippen LogP contribution in [0.5, 0.6) is 5.75 Å². The minimum absolute atomic E-state index is 0.230. The van der Waals surface area contributed by atoms with Gasteiger partial charge in [0.2, 0.25) is 0 Å². The Bertz CT molecular complexity index is 879. The zero-order chi connectivity index (χ0) is 19.6. The number of rotatable bonds is 5. The Kier molecular flexibility index (Phi) is 5.03. The van der Waals surface area contributed by atoms with Gasteiger partial charge in [-0.3, -0.25) is 9.69 Å². The lowest BCUT2D eigenvalue weighted by atomic mass is 10.0. The Labute approximate surface area is 158 Å². The number of nitrogen functional groups attached to an aromatic ring is 1. The van der Waals surface area contributed by atoms with Crippen LogP contribution in [0.1, 0.15) is 43.1 Å². The van der Waals surface area contributed by atoms with E-state index in [1.54, 1.807) is 44.2 Å². The number of pyridine rings is 1. The molecule has 0 saturated heterocycles. The summed E-state index contributed by atoms with van der Waals surface area (Å²) in [6.07, 6.45) is 0.757. The van der Waals surface area contributed by atoms with Crippen molar-refractivity contribution in [2.45, 2.75) is 39.3 Å². The van der Waals surface area contributed by atoms with Crippen LogP contribution in [-0.4, -0.2) is 29.1 Å². The van der Waals surface area contributed by atoms with Crippen molar-refractivity contribution < 1.29 is 19.1 Å². The molecule has 0 bridgehead atoms. The summed E-state index contributed by atoms with van der Waals surface area (Å²) >= 11 is 0. The quantitative estimate of drug-likeness (QED) is 0.814. The fourth-order valence-electron chi connectivity index (χ4n) is 2.87. The molecule has 2 aromatic rings. The van der Waals surface area contributed by atoms with Crippen LogP contribution >= 0.6 is 0 Å². The summed E-state index contributed by atoms with van der Waals surface area (Å²) in [4.78, 5) is 30.8. The van der Waals surface area contributed by atoms with E-state index in [0.29, 0.717) is 29.6 Å². The van der Waals surface area contributed by atoms with Gasteiger partial charge in [-0.15, -0.1) is 0 Å². The highest BCUT2D eigenvalue weighted by atomic mass is 16.5. The van der Waals surface area contributed by atoms with Crippen molar-refractivity contribution in [3.05, 3.63) is 47.5 Å². The van der Waals surface area contributed by atoms with Gasteiger partial charge in [0.15, 0.2) is 17.2 Å². The molecule has 0 unspecified atom stereocenters. The zero-order valence-electron chi connectivity index (χ0n) is 15.7. The number of anilines is 2. The molecule has 1 amide bonds. The lowest BCUT2D eigenvalue weighted by Crippen LogP contribution is -2.52. The first-order chi connectivity index (χ1) is 12.8. The van der Waals surface area contributed by atoms with Crippen LogP contribution in [0, 0.1) is 0 Å². The van der Waals surface area contributed by atoms with Gasteiger partial charge in [0, 0.05) is 0 Å². The molecule has 2 heterocycles. The number of carbonyl (C=O) groups excluding carboxylic acids is 2. The van der Waals surface area contributed by atoms with Crippen LogP contribution in [0.25, 0.3) is 0 Å². The zero-order valence-corrected chi connectivity index (χ0v) is 15.7. The van der Waals surface area contributed by atoms with Gasteiger partial charge in [-0.1, -0.05) is 19.1 Å². The molecule has 0 spiro atoms. The van der Waals surface area contributed by atoms with Gasteiger partial charge in [-0.25, -0.2) is 9.78 Å². The van der Waals surface area contributed by atoms with Crippen LogP contribution in [0.4, 0.5) is 11.6 Å². The van der Waals surface area contributed by atoms with Gasteiger partial charge in [0.1, 0.15) is 5.82 Å². The first kappa shape index (κ1) is 18.7. The van der Waals surface area contributed by atoms with Crippen LogP contribution in [0.3, 0.4) is 0 Å². The molecule has 1 aromatic carbocycles. The Hall–Kier alpha value is -3.09. The highest BCUT2D eigenvalue weighted by molar-refractivity contribution is 6.01. The van der Waals surface area contributed by atoms with Crippen LogP contribution in [-0.2, 0) is 16.1 Å². The van der Waals surface area contributed by atoms with Crippen LogP contribution in [0.2, 0.25) is 0 Å². The number of aromatic nitrogens is 1. The summed E-state index contributed by atoms with van der Waals surface area (Å²) in [5, 5.41) is 0. The fraction of sp³-hybridized carbons (Fsp3) is 0.350. The third-order valence-corrected chi connectivity index (χ3v) is 4.18. The number of fused-ring (bicyclic) bond motifs is 1. The number of hydrogen-bond acceptors (Lipinski definition) is 6.